The van der Waals surface area contributed by atoms with Crippen LogP contribution in [0, 0.1) is 5.92 Å². The van der Waals surface area contributed by atoms with E-state index in [9.17, 15) is 9.59 Å². The molecule has 5 nitrogen and oxygen atoms in total. The van der Waals surface area contributed by atoms with E-state index in [0.29, 0.717) is 36.0 Å². The van der Waals surface area contributed by atoms with Gasteiger partial charge in [0.1, 0.15) is 0 Å². The predicted molar refractivity (Wildman–Crippen MR) is 97.1 cm³/mol. The maximum atomic E-state index is 12.2. The van der Waals surface area contributed by atoms with Gasteiger partial charge in [0.05, 0.1) is 18.5 Å². The van der Waals surface area contributed by atoms with Crippen molar-refractivity contribution in [3.8, 4) is 0 Å². The molecule has 1 heterocycles. The highest BCUT2D eigenvalue weighted by molar-refractivity contribution is 6.35. The molecule has 0 bridgehead atoms. The van der Waals surface area contributed by atoms with Gasteiger partial charge >= 0.3 is 5.97 Å². The number of hydrogen-bond acceptors (Lipinski definition) is 3. The van der Waals surface area contributed by atoms with Gasteiger partial charge < -0.3 is 10.4 Å². The van der Waals surface area contributed by atoms with Crippen molar-refractivity contribution in [2.24, 2.45) is 5.92 Å². The number of carboxylic acid groups (broad SMARTS) is 1. The topological polar surface area (TPSA) is 69.6 Å². The fraction of sp³-hybridized carbons (Fsp3) is 0.500. The highest BCUT2D eigenvalue weighted by Gasteiger charge is 2.25. The molecule has 0 aromatic heterocycles. The molecule has 0 spiro atoms. The Kier molecular flexibility index (Phi) is 8.30. The number of likely N-dealkylation sites (tertiary alicyclic amines) is 1. The van der Waals surface area contributed by atoms with Gasteiger partial charge in [0.25, 0.3) is 0 Å². The number of hydrogen-bond donors (Lipinski definition) is 2. The second-order valence-electron chi connectivity index (χ2n) is 5.84. The highest BCUT2D eigenvalue weighted by Crippen LogP contribution is 2.26. The number of piperidine rings is 1. The molecule has 2 rings (SSSR count). The van der Waals surface area contributed by atoms with Crippen molar-refractivity contribution < 1.29 is 14.7 Å². The first-order chi connectivity index (χ1) is 10.9. The minimum absolute atomic E-state index is 0. The molecule has 8 heteroatoms. The fourth-order valence-corrected chi connectivity index (χ4v) is 3.33. The fourth-order valence-electron chi connectivity index (χ4n) is 2.76. The number of carbonyl (C=O) groups excluding carboxylic acids is 1. The van der Waals surface area contributed by atoms with Crippen molar-refractivity contribution in [1.82, 2.24) is 10.2 Å². The van der Waals surface area contributed by atoms with Crippen molar-refractivity contribution in [2.75, 3.05) is 19.6 Å². The van der Waals surface area contributed by atoms with Gasteiger partial charge in [-0.25, -0.2) is 0 Å². The summed E-state index contributed by atoms with van der Waals surface area (Å²) in [7, 11) is 0. The Labute approximate surface area is 157 Å². The van der Waals surface area contributed by atoms with Gasteiger partial charge in [0.2, 0.25) is 5.91 Å². The number of benzene rings is 1. The molecule has 1 saturated heterocycles. The summed E-state index contributed by atoms with van der Waals surface area (Å²) in [6.07, 6.45) is 1.17. The van der Waals surface area contributed by atoms with Crippen LogP contribution in [0.5, 0.6) is 0 Å². The summed E-state index contributed by atoms with van der Waals surface area (Å²) in [4.78, 5) is 25.0. The van der Waals surface area contributed by atoms with E-state index in [2.05, 4.69) is 5.32 Å². The molecule has 1 amide bonds. The number of carbonyl (C=O) groups is 2. The molecule has 0 saturated carbocycles. The van der Waals surface area contributed by atoms with Crippen LogP contribution in [0.4, 0.5) is 0 Å². The summed E-state index contributed by atoms with van der Waals surface area (Å²) in [5.41, 5.74) is 0.814. The third-order valence-corrected chi connectivity index (χ3v) is 4.67. The molecule has 1 aromatic carbocycles. The monoisotopic (exact) mass is 394 g/mol. The zero-order valence-corrected chi connectivity index (χ0v) is 15.6. The van der Waals surface area contributed by atoms with E-state index < -0.39 is 5.97 Å². The van der Waals surface area contributed by atoms with E-state index in [4.69, 9.17) is 28.3 Å². The first-order valence-electron chi connectivity index (χ1n) is 7.56. The van der Waals surface area contributed by atoms with Gasteiger partial charge in [-0.1, -0.05) is 29.3 Å². The molecular weight excluding hydrogens is 375 g/mol. The molecule has 24 heavy (non-hydrogen) atoms. The second kappa shape index (κ2) is 9.47. The number of carboxylic acids is 1. The lowest BCUT2D eigenvalue weighted by atomic mass is 9.97. The number of nitrogens with one attached hydrogen (secondary N) is 1. The number of nitrogens with zero attached hydrogens (tertiary/aromatic N) is 1. The molecule has 0 radical (unpaired) electrons. The Balaban J connectivity index is 0.00000288. The molecule has 1 aliphatic rings. The number of rotatable bonds is 5. The molecule has 1 aliphatic heterocycles. The summed E-state index contributed by atoms with van der Waals surface area (Å²) in [6, 6.07) is 4.97. The Bertz CT molecular complexity index is 590. The molecule has 1 unspecified atom stereocenters. The zero-order chi connectivity index (χ0) is 17.0. The maximum absolute atomic E-state index is 12.2. The zero-order valence-electron chi connectivity index (χ0n) is 13.3. The van der Waals surface area contributed by atoms with Crippen LogP contribution in [0.1, 0.15) is 31.4 Å². The number of amides is 1. The number of aliphatic carboxylic acids is 1. The van der Waals surface area contributed by atoms with Gasteiger partial charge in [-0.3, -0.25) is 14.5 Å². The first-order valence-corrected chi connectivity index (χ1v) is 8.32. The van der Waals surface area contributed by atoms with E-state index in [1.54, 1.807) is 18.2 Å². The summed E-state index contributed by atoms with van der Waals surface area (Å²) < 4.78 is 0. The van der Waals surface area contributed by atoms with Crippen LogP contribution in [-0.2, 0) is 9.59 Å². The van der Waals surface area contributed by atoms with Gasteiger partial charge in [0.15, 0.2) is 0 Å². The predicted octanol–water partition coefficient (Wildman–Crippen LogP) is 3.39. The summed E-state index contributed by atoms with van der Waals surface area (Å²) in [5, 5.41) is 13.0. The van der Waals surface area contributed by atoms with Gasteiger partial charge in [-0.15, -0.1) is 12.4 Å². The highest BCUT2D eigenvalue weighted by atomic mass is 35.5. The van der Waals surface area contributed by atoms with E-state index in [0.717, 1.165) is 5.56 Å². The molecule has 0 aliphatic carbocycles. The van der Waals surface area contributed by atoms with E-state index in [1.807, 2.05) is 11.8 Å². The third-order valence-electron chi connectivity index (χ3n) is 4.11. The second-order valence-corrected chi connectivity index (χ2v) is 6.69. The van der Waals surface area contributed by atoms with Gasteiger partial charge in [-0.05, 0) is 50.6 Å². The maximum Gasteiger partial charge on any atom is 0.306 e. The Morgan fingerprint density at radius 1 is 1.33 bits per heavy atom. The molecule has 1 aromatic rings. The van der Waals surface area contributed by atoms with Crippen molar-refractivity contribution in [3.05, 3.63) is 33.8 Å². The Morgan fingerprint density at radius 2 is 1.96 bits per heavy atom. The van der Waals surface area contributed by atoms with Crippen molar-refractivity contribution in [1.29, 1.82) is 0 Å². The lowest BCUT2D eigenvalue weighted by Gasteiger charge is -2.29. The molecular formula is C16H21Cl3N2O3. The van der Waals surface area contributed by atoms with Crippen LogP contribution in [-0.4, -0.2) is 41.5 Å². The summed E-state index contributed by atoms with van der Waals surface area (Å²) in [6.45, 7) is 3.38. The summed E-state index contributed by atoms with van der Waals surface area (Å²) >= 11 is 12.0. The minimum Gasteiger partial charge on any atom is -0.481 e. The normalized spacial score (nSPS) is 17.0. The van der Waals surface area contributed by atoms with E-state index >= 15 is 0 Å². The average molecular weight is 396 g/mol. The average Bonchev–Trinajstić information content (AvgIpc) is 2.47. The lowest BCUT2D eigenvalue weighted by Crippen LogP contribution is -2.43. The van der Waals surface area contributed by atoms with Crippen LogP contribution >= 0.6 is 35.6 Å². The van der Waals surface area contributed by atoms with Crippen molar-refractivity contribution >= 4 is 47.5 Å². The number of halogens is 3. The van der Waals surface area contributed by atoms with E-state index in [1.165, 1.54) is 0 Å². The third kappa shape index (κ3) is 5.81. The van der Waals surface area contributed by atoms with Gasteiger partial charge in [-0.2, -0.15) is 0 Å². The lowest BCUT2D eigenvalue weighted by molar-refractivity contribution is -0.143. The molecule has 134 valence electrons. The Hall–Kier alpha value is -1.01. The summed E-state index contributed by atoms with van der Waals surface area (Å²) in [5.74, 6) is -1.14. The van der Waals surface area contributed by atoms with E-state index in [-0.39, 0.29) is 36.8 Å². The van der Waals surface area contributed by atoms with Gasteiger partial charge in [0, 0.05) is 10.0 Å². The van der Waals surface area contributed by atoms with Crippen LogP contribution in [0.2, 0.25) is 10.0 Å². The minimum atomic E-state index is -0.750. The van der Waals surface area contributed by atoms with Crippen molar-refractivity contribution in [2.45, 2.75) is 25.8 Å². The first kappa shape index (κ1) is 21.0. The smallest absolute Gasteiger partial charge is 0.306 e. The van der Waals surface area contributed by atoms with Crippen LogP contribution in [0.25, 0.3) is 0 Å². The van der Waals surface area contributed by atoms with Crippen LogP contribution < -0.4 is 5.32 Å². The molecule has 1 fully saturated rings. The standard InChI is InChI=1S/C16H20Cl2N2O3.ClH/c1-10(13-3-2-12(17)8-14(13)18)19-15(21)9-20-6-4-11(5-7-20)16(22)23;/h2-3,8,10-11H,4-7,9H2,1H3,(H,19,21)(H,22,23);1H. The van der Waals surface area contributed by atoms with Crippen molar-refractivity contribution in [3.63, 3.8) is 0 Å². The van der Waals surface area contributed by atoms with Crippen LogP contribution in [0.15, 0.2) is 18.2 Å². The van der Waals surface area contributed by atoms with Crippen LogP contribution in [0.3, 0.4) is 0 Å². The molecule has 2 N–H and O–H groups in total. The Morgan fingerprint density at radius 3 is 2.50 bits per heavy atom. The SMILES string of the molecule is CC(NC(=O)CN1CCC(C(=O)O)CC1)c1ccc(Cl)cc1Cl.Cl. The molecule has 1 atom stereocenters. The quantitative estimate of drug-likeness (QED) is 0.802. The largest absolute Gasteiger partial charge is 0.481 e.